The fourth-order valence-electron chi connectivity index (χ4n) is 3.11. The first kappa shape index (κ1) is 17.7. The van der Waals surface area contributed by atoms with E-state index in [-0.39, 0.29) is 11.3 Å². The molecule has 1 amide bonds. The largest absolute Gasteiger partial charge is 0.506 e. The van der Waals surface area contributed by atoms with Gasteiger partial charge in [-0.05, 0) is 49.6 Å². The van der Waals surface area contributed by atoms with Crippen molar-refractivity contribution in [1.29, 1.82) is 0 Å². The lowest BCUT2D eigenvalue weighted by Gasteiger charge is -2.15. The Kier molecular flexibility index (Phi) is 4.80. The number of amides is 1. The van der Waals surface area contributed by atoms with Gasteiger partial charge < -0.3 is 15.0 Å². The molecular weight excluding hydrogens is 328 g/mol. The van der Waals surface area contributed by atoms with E-state index in [0.717, 1.165) is 17.5 Å². The molecule has 134 valence electrons. The van der Waals surface area contributed by atoms with E-state index < -0.39 is 11.5 Å². The van der Waals surface area contributed by atoms with Crippen LogP contribution in [-0.4, -0.2) is 15.6 Å². The molecule has 0 spiro atoms. The molecule has 26 heavy (non-hydrogen) atoms. The highest BCUT2D eigenvalue weighted by Gasteiger charge is 2.22. The number of pyridine rings is 1. The van der Waals surface area contributed by atoms with Crippen LogP contribution in [0, 0.1) is 13.8 Å². The van der Waals surface area contributed by atoms with Crippen LogP contribution in [0.25, 0.3) is 10.9 Å². The first-order valence-corrected chi connectivity index (χ1v) is 8.67. The molecule has 3 rings (SSSR count). The fraction of sp³-hybridized carbons (Fsp3) is 0.238. The number of nitrogens with one attached hydrogen (secondary N) is 1. The van der Waals surface area contributed by atoms with Crippen molar-refractivity contribution in [3.63, 3.8) is 0 Å². The Hall–Kier alpha value is -3.08. The Bertz CT molecular complexity index is 1050. The fourth-order valence-corrected chi connectivity index (χ4v) is 3.11. The molecule has 2 aromatic carbocycles. The van der Waals surface area contributed by atoms with Crippen molar-refractivity contribution in [2.45, 2.75) is 33.7 Å². The Morgan fingerprint density at radius 3 is 2.58 bits per heavy atom. The van der Waals surface area contributed by atoms with E-state index in [4.69, 9.17) is 0 Å². The number of para-hydroxylation sites is 1. The monoisotopic (exact) mass is 350 g/mol. The van der Waals surface area contributed by atoms with Gasteiger partial charge >= 0.3 is 0 Å². The van der Waals surface area contributed by atoms with Gasteiger partial charge in [-0.15, -0.1) is 0 Å². The average molecular weight is 350 g/mol. The third-order valence-corrected chi connectivity index (χ3v) is 4.67. The molecule has 0 aliphatic heterocycles. The van der Waals surface area contributed by atoms with Gasteiger partial charge in [0.05, 0.1) is 5.52 Å². The third kappa shape index (κ3) is 2.96. The van der Waals surface area contributed by atoms with Crippen molar-refractivity contribution in [2.75, 3.05) is 5.32 Å². The zero-order valence-corrected chi connectivity index (χ0v) is 15.2. The van der Waals surface area contributed by atoms with Crippen LogP contribution in [0.2, 0.25) is 0 Å². The molecule has 5 nitrogen and oxygen atoms in total. The summed E-state index contributed by atoms with van der Waals surface area (Å²) in [5, 5.41) is 13.9. The Morgan fingerprint density at radius 2 is 1.85 bits per heavy atom. The second kappa shape index (κ2) is 7.04. The van der Waals surface area contributed by atoms with Crippen LogP contribution in [0.5, 0.6) is 5.75 Å². The number of benzene rings is 2. The second-order valence-electron chi connectivity index (χ2n) is 6.40. The Morgan fingerprint density at radius 1 is 1.12 bits per heavy atom. The third-order valence-electron chi connectivity index (χ3n) is 4.67. The van der Waals surface area contributed by atoms with E-state index >= 15 is 0 Å². The summed E-state index contributed by atoms with van der Waals surface area (Å²) in [6.07, 6.45) is 0.743. The molecule has 0 bridgehead atoms. The Labute approximate surface area is 151 Å². The van der Waals surface area contributed by atoms with E-state index in [2.05, 4.69) is 5.32 Å². The van der Waals surface area contributed by atoms with E-state index in [9.17, 15) is 14.7 Å². The molecule has 0 saturated heterocycles. The summed E-state index contributed by atoms with van der Waals surface area (Å²) in [5.41, 5.74) is 2.51. The maximum absolute atomic E-state index is 12.9. The quantitative estimate of drug-likeness (QED) is 0.747. The highest BCUT2D eigenvalue weighted by molar-refractivity contribution is 6.09. The lowest BCUT2D eigenvalue weighted by atomic mass is 10.1. The zero-order chi connectivity index (χ0) is 18.8. The van der Waals surface area contributed by atoms with Gasteiger partial charge in [0.15, 0.2) is 0 Å². The number of fused-ring (bicyclic) bond motifs is 1. The minimum atomic E-state index is -0.600. The van der Waals surface area contributed by atoms with Crippen LogP contribution in [0.15, 0.2) is 47.3 Å². The van der Waals surface area contributed by atoms with E-state index in [0.29, 0.717) is 23.1 Å². The van der Waals surface area contributed by atoms with E-state index in [1.54, 1.807) is 28.8 Å². The molecule has 0 saturated carbocycles. The predicted octanol–water partition coefficient (Wildman–Crippen LogP) is 3.99. The van der Waals surface area contributed by atoms with Gasteiger partial charge in [0.2, 0.25) is 0 Å². The van der Waals surface area contributed by atoms with Crippen LogP contribution < -0.4 is 10.9 Å². The SMILES string of the molecule is CCCn1c(=O)c(C(=O)Nc2cccc(C)c2C)c(O)c2ccccc21. The molecule has 3 aromatic rings. The highest BCUT2D eigenvalue weighted by atomic mass is 16.3. The van der Waals surface area contributed by atoms with Gasteiger partial charge in [-0.25, -0.2) is 0 Å². The maximum Gasteiger partial charge on any atom is 0.267 e. The van der Waals surface area contributed by atoms with Gasteiger partial charge in [0.1, 0.15) is 11.3 Å². The number of rotatable bonds is 4. The summed E-state index contributed by atoms with van der Waals surface area (Å²) < 4.78 is 1.55. The molecule has 0 unspecified atom stereocenters. The molecule has 0 radical (unpaired) electrons. The van der Waals surface area contributed by atoms with Crippen molar-refractivity contribution in [3.8, 4) is 5.75 Å². The van der Waals surface area contributed by atoms with Crippen molar-refractivity contribution >= 4 is 22.5 Å². The number of hydrogen-bond donors (Lipinski definition) is 2. The molecular formula is C21H22N2O3. The van der Waals surface area contributed by atoms with Crippen molar-refractivity contribution in [2.24, 2.45) is 0 Å². The number of aryl methyl sites for hydroxylation is 2. The lowest BCUT2D eigenvalue weighted by Crippen LogP contribution is -2.30. The lowest BCUT2D eigenvalue weighted by molar-refractivity contribution is 0.102. The van der Waals surface area contributed by atoms with Gasteiger partial charge in [-0.3, -0.25) is 9.59 Å². The highest BCUT2D eigenvalue weighted by Crippen LogP contribution is 2.27. The van der Waals surface area contributed by atoms with Crippen LogP contribution in [0.3, 0.4) is 0 Å². The topological polar surface area (TPSA) is 71.3 Å². The number of anilines is 1. The zero-order valence-electron chi connectivity index (χ0n) is 15.2. The maximum atomic E-state index is 12.9. The molecule has 1 heterocycles. The van der Waals surface area contributed by atoms with Gasteiger partial charge in [0.25, 0.3) is 11.5 Å². The molecule has 0 aliphatic carbocycles. The van der Waals surface area contributed by atoms with Crippen LogP contribution >= 0.6 is 0 Å². The molecule has 0 aliphatic rings. The smallest absolute Gasteiger partial charge is 0.267 e. The predicted molar refractivity (Wildman–Crippen MR) is 104 cm³/mol. The van der Waals surface area contributed by atoms with E-state index in [1.165, 1.54) is 0 Å². The number of carbonyl (C=O) groups excluding carboxylic acids is 1. The summed E-state index contributed by atoms with van der Waals surface area (Å²) in [7, 11) is 0. The molecule has 0 fully saturated rings. The summed E-state index contributed by atoms with van der Waals surface area (Å²) in [5.74, 6) is -0.877. The summed E-state index contributed by atoms with van der Waals surface area (Å²) in [4.78, 5) is 25.8. The van der Waals surface area contributed by atoms with Crippen LogP contribution in [0.1, 0.15) is 34.8 Å². The van der Waals surface area contributed by atoms with Crippen molar-refractivity contribution in [3.05, 3.63) is 69.5 Å². The van der Waals surface area contributed by atoms with Crippen LogP contribution in [0.4, 0.5) is 5.69 Å². The average Bonchev–Trinajstić information content (AvgIpc) is 2.62. The standard InChI is InChI=1S/C21H22N2O3/c1-4-12-23-17-11-6-5-9-15(17)19(24)18(21(23)26)20(25)22-16-10-7-8-13(2)14(16)3/h5-11,24H,4,12H2,1-3H3,(H,22,25). The normalized spacial score (nSPS) is 10.9. The van der Waals surface area contributed by atoms with Crippen molar-refractivity contribution < 1.29 is 9.90 Å². The first-order valence-electron chi connectivity index (χ1n) is 8.67. The second-order valence-corrected chi connectivity index (χ2v) is 6.40. The molecule has 5 heteroatoms. The number of aromatic nitrogens is 1. The summed E-state index contributed by atoms with van der Waals surface area (Å²) in [6, 6.07) is 12.6. The molecule has 0 atom stereocenters. The van der Waals surface area contributed by atoms with Crippen molar-refractivity contribution in [1.82, 2.24) is 4.57 Å². The minimum Gasteiger partial charge on any atom is -0.506 e. The molecule has 2 N–H and O–H groups in total. The Balaban J connectivity index is 2.16. The number of carbonyl (C=O) groups is 1. The van der Waals surface area contributed by atoms with Gasteiger partial charge in [-0.1, -0.05) is 31.2 Å². The molecule has 1 aromatic heterocycles. The van der Waals surface area contributed by atoms with Crippen LogP contribution in [-0.2, 0) is 6.54 Å². The first-order chi connectivity index (χ1) is 12.5. The van der Waals surface area contributed by atoms with Gasteiger partial charge in [-0.2, -0.15) is 0 Å². The number of aromatic hydroxyl groups is 1. The summed E-state index contributed by atoms with van der Waals surface area (Å²) in [6.45, 7) is 6.29. The van der Waals surface area contributed by atoms with E-state index in [1.807, 2.05) is 39.0 Å². The minimum absolute atomic E-state index is 0.224. The van der Waals surface area contributed by atoms with Gasteiger partial charge in [0, 0.05) is 17.6 Å². The summed E-state index contributed by atoms with van der Waals surface area (Å²) >= 11 is 0. The number of hydrogen-bond acceptors (Lipinski definition) is 3. The number of nitrogens with zero attached hydrogens (tertiary/aromatic N) is 1.